The van der Waals surface area contributed by atoms with E-state index in [1.165, 1.54) is 25.1 Å². The zero-order chi connectivity index (χ0) is 28.9. The molecule has 0 aliphatic carbocycles. The molecule has 1 aliphatic heterocycles. The zero-order valence-corrected chi connectivity index (χ0v) is 21.1. The van der Waals surface area contributed by atoms with Gasteiger partial charge in [-0.2, -0.15) is 27.1 Å². The summed E-state index contributed by atoms with van der Waals surface area (Å²) in [5.74, 6) is -2.60. The summed E-state index contributed by atoms with van der Waals surface area (Å²) < 4.78 is 109. The lowest BCUT2D eigenvalue weighted by molar-refractivity contribution is -0.257. The van der Waals surface area contributed by atoms with Crippen LogP contribution in [0.3, 0.4) is 0 Å². The first-order valence-electron chi connectivity index (χ1n) is 11.0. The van der Waals surface area contributed by atoms with Crippen molar-refractivity contribution in [3.8, 4) is 5.75 Å². The van der Waals surface area contributed by atoms with Crippen LogP contribution in [0.2, 0.25) is 0 Å². The van der Waals surface area contributed by atoms with Crippen LogP contribution < -0.4 is 14.8 Å². The van der Waals surface area contributed by atoms with Gasteiger partial charge in [0, 0.05) is 0 Å². The fourth-order valence-electron chi connectivity index (χ4n) is 3.62. The minimum Gasteiger partial charge on any atom is -0.476 e. The molecule has 18 heteroatoms. The molecule has 0 saturated carbocycles. The van der Waals surface area contributed by atoms with Crippen LogP contribution >= 0.6 is 0 Å². The van der Waals surface area contributed by atoms with Gasteiger partial charge < -0.3 is 13.9 Å². The number of ether oxygens (including phenoxy) is 2. The summed E-state index contributed by atoms with van der Waals surface area (Å²) in [6.07, 6.45) is -6.14. The molecule has 0 radical (unpaired) electrons. The summed E-state index contributed by atoms with van der Waals surface area (Å²) in [6.45, 7) is -1.14. The predicted molar refractivity (Wildman–Crippen MR) is 120 cm³/mol. The minimum absolute atomic E-state index is 0.0604. The predicted octanol–water partition coefficient (Wildman–Crippen LogP) is 3.02. The molecule has 0 unspecified atom stereocenters. The van der Waals surface area contributed by atoms with E-state index in [2.05, 4.69) is 14.9 Å². The summed E-state index contributed by atoms with van der Waals surface area (Å²) in [6, 6.07) is 3.69. The van der Waals surface area contributed by atoms with Crippen molar-refractivity contribution >= 4 is 21.7 Å². The highest BCUT2D eigenvalue weighted by Crippen LogP contribution is 2.42. The van der Waals surface area contributed by atoms with Gasteiger partial charge in [0.2, 0.25) is 5.60 Å². The number of anilines is 1. The number of nitrogens with one attached hydrogen (secondary N) is 1. The fraction of sp³-hybridized carbons (Fsp3) is 0.429. The van der Waals surface area contributed by atoms with Crippen molar-refractivity contribution in [3.05, 3.63) is 52.1 Å². The maximum absolute atomic E-state index is 13.7. The van der Waals surface area contributed by atoms with Crippen LogP contribution in [0, 0.1) is 6.92 Å². The van der Waals surface area contributed by atoms with Gasteiger partial charge in [0.15, 0.2) is 6.10 Å². The number of fused-ring (bicyclic) bond motifs is 1. The van der Waals surface area contributed by atoms with Gasteiger partial charge in [0.25, 0.3) is 15.9 Å². The topological polar surface area (TPSA) is 150 Å². The Labute approximate surface area is 216 Å². The lowest BCUT2D eigenvalue weighted by Crippen LogP contribution is -2.43. The number of carbonyl (C=O) groups excluding carboxylic acids is 1. The highest BCUT2D eigenvalue weighted by atomic mass is 32.2. The minimum atomic E-state index is -4.84. The second kappa shape index (κ2) is 9.65. The first-order valence-corrected chi connectivity index (χ1v) is 12.4. The third-order valence-corrected chi connectivity index (χ3v) is 7.55. The van der Waals surface area contributed by atoms with Crippen LogP contribution in [0.4, 0.5) is 27.6 Å². The molecule has 1 N–H and O–H groups in total. The van der Waals surface area contributed by atoms with Crippen molar-refractivity contribution in [2.24, 2.45) is 0 Å². The van der Waals surface area contributed by atoms with Crippen molar-refractivity contribution in [2.75, 3.05) is 10.8 Å². The summed E-state index contributed by atoms with van der Waals surface area (Å²) >= 11 is 0. The van der Waals surface area contributed by atoms with Gasteiger partial charge in [-0.3, -0.25) is 9.10 Å². The number of aromatic amines is 1. The Bertz CT molecular complexity index is 1560. The Morgan fingerprint density at radius 3 is 2.54 bits per heavy atom. The number of alkyl halides is 5. The molecule has 1 aromatic carbocycles. The number of aromatic nitrogens is 4. The van der Waals surface area contributed by atoms with E-state index in [9.17, 15) is 40.0 Å². The van der Waals surface area contributed by atoms with Crippen LogP contribution in [0.25, 0.3) is 0 Å². The summed E-state index contributed by atoms with van der Waals surface area (Å²) in [5.41, 5.74) is -3.14. The smallest absolute Gasteiger partial charge is 0.434 e. The van der Waals surface area contributed by atoms with Crippen LogP contribution in [0.5, 0.6) is 5.75 Å². The van der Waals surface area contributed by atoms with Gasteiger partial charge in [-0.25, -0.2) is 23.0 Å². The number of hydrogen-bond donors (Lipinski definition) is 1. The van der Waals surface area contributed by atoms with E-state index >= 15 is 0 Å². The Hall–Kier alpha value is -3.96. The molecule has 0 saturated heterocycles. The van der Waals surface area contributed by atoms with Crippen molar-refractivity contribution in [3.63, 3.8) is 0 Å². The number of halogens is 5. The Morgan fingerprint density at radius 1 is 1.28 bits per heavy atom. The Morgan fingerprint density at radius 2 is 1.97 bits per heavy atom. The molecule has 1 aliphatic rings. The lowest BCUT2D eigenvalue weighted by Gasteiger charge is -2.34. The standard InChI is InChI=1S/C21H20F5N5O7S/c1-10-15(9-30(29-10)18(22)23)39(34,35)31-8-14(17-27-28-19(33)37-17)36-13-5-4-11(6-12(13)31)7-16(32)38-20(2,3)21(24,25)26/h4-6,9,14,18H,7-8H2,1-3H3,(H,28,33)/t14-/m1/s1. The second-order valence-corrected chi connectivity index (χ2v) is 10.7. The van der Waals surface area contributed by atoms with Crippen LogP contribution in [0.15, 0.2) is 38.5 Å². The number of hydrogen-bond acceptors (Lipinski definition) is 9. The van der Waals surface area contributed by atoms with Crippen molar-refractivity contribution < 1.29 is 49.1 Å². The lowest BCUT2D eigenvalue weighted by atomic mass is 10.1. The van der Waals surface area contributed by atoms with Gasteiger partial charge in [-0.05, 0) is 38.5 Å². The maximum Gasteiger partial charge on any atom is 0.434 e. The van der Waals surface area contributed by atoms with Gasteiger partial charge in [-0.15, -0.1) is 5.10 Å². The number of nitrogens with zero attached hydrogens (tertiary/aromatic N) is 4. The number of aryl methyl sites for hydroxylation is 1. The molecule has 0 bridgehead atoms. The third-order valence-electron chi connectivity index (χ3n) is 5.66. The number of carbonyl (C=O) groups is 1. The van der Waals surface area contributed by atoms with Gasteiger partial charge >= 0.3 is 24.5 Å². The van der Waals surface area contributed by atoms with E-state index in [1.807, 2.05) is 5.10 Å². The first-order chi connectivity index (χ1) is 18.0. The van der Waals surface area contributed by atoms with Gasteiger partial charge in [0.1, 0.15) is 10.6 Å². The number of sulfonamides is 1. The fourth-order valence-corrected chi connectivity index (χ4v) is 5.25. The number of rotatable bonds is 7. The second-order valence-electron chi connectivity index (χ2n) is 8.89. The SMILES string of the molecule is Cc1nn(C(F)F)cc1S(=O)(=O)N1C[C@H](c2n[nH]c(=O)o2)Oc2ccc(CC(=O)OC(C)(C)C(F)(F)F)cc21. The molecule has 0 spiro atoms. The van der Waals surface area contributed by atoms with E-state index < -0.39 is 64.0 Å². The van der Waals surface area contributed by atoms with Crippen LogP contribution in [-0.2, 0) is 26.0 Å². The molecule has 0 amide bonds. The molecule has 3 aromatic rings. The molecule has 212 valence electrons. The normalized spacial score (nSPS) is 16.2. The monoisotopic (exact) mass is 581 g/mol. The molecule has 3 heterocycles. The maximum atomic E-state index is 13.7. The van der Waals surface area contributed by atoms with Gasteiger partial charge in [-0.1, -0.05) is 6.07 Å². The number of esters is 1. The van der Waals surface area contributed by atoms with Crippen LogP contribution in [0.1, 0.15) is 43.6 Å². The first kappa shape index (κ1) is 28.1. The van der Waals surface area contributed by atoms with Gasteiger partial charge in [0.05, 0.1) is 30.5 Å². The molecular weight excluding hydrogens is 561 g/mol. The molecule has 39 heavy (non-hydrogen) atoms. The number of H-pyrrole nitrogens is 1. The highest BCUT2D eigenvalue weighted by molar-refractivity contribution is 7.92. The largest absolute Gasteiger partial charge is 0.476 e. The number of benzene rings is 1. The average molecular weight is 581 g/mol. The molecule has 4 rings (SSSR count). The molecule has 2 aromatic heterocycles. The van der Waals surface area contributed by atoms with E-state index in [0.717, 1.165) is 4.31 Å². The summed E-state index contributed by atoms with van der Waals surface area (Å²) in [5, 5.41) is 9.17. The highest BCUT2D eigenvalue weighted by Gasteiger charge is 2.50. The van der Waals surface area contributed by atoms with Crippen molar-refractivity contribution in [1.82, 2.24) is 20.0 Å². The summed E-state index contributed by atoms with van der Waals surface area (Å²) in [7, 11) is -4.63. The Kier molecular flexibility index (Phi) is 6.95. The Balaban J connectivity index is 1.74. The zero-order valence-electron chi connectivity index (χ0n) is 20.3. The van der Waals surface area contributed by atoms with Crippen molar-refractivity contribution in [1.29, 1.82) is 0 Å². The van der Waals surface area contributed by atoms with E-state index in [0.29, 0.717) is 20.0 Å². The van der Waals surface area contributed by atoms with E-state index in [1.54, 1.807) is 0 Å². The molecular formula is C21H20F5N5O7S. The quantitative estimate of drug-likeness (QED) is 0.328. The molecule has 1 atom stereocenters. The van der Waals surface area contributed by atoms with E-state index in [-0.39, 0.29) is 33.3 Å². The van der Waals surface area contributed by atoms with Crippen LogP contribution in [-0.4, -0.2) is 52.7 Å². The summed E-state index contributed by atoms with van der Waals surface area (Å²) in [4.78, 5) is 23.1. The third kappa shape index (κ3) is 5.45. The molecule has 0 fully saturated rings. The molecule has 12 nitrogen and oxygen atoms in total. The van der Waals surface area contributed by atoms with Crippen molar-refractivity contribution in [2.45, 2.75) is 56.5 Å². The van der Waals surface area contributed by atoms with E-state index in [4.69, 9.17) is 9.15 Å². The average Bonchev–Trinajstić information content (AvgIpc) is 3.43.